The molecule has 1 aliphatic heterocycles. The van der Waals surface area contributed by atoms with E-state index in [2.05, 4.69) is 10.3 Å². The molecule has 3 aromatic carbocycles. The number of hydrogen-bond donors (Lipinski definition) is 2. The second kappa shape index (κ2) is 13.1. The van der Waals surface area contributed by atoms with Crippen molar-refractivity contribution in [3.63, 3.8) is 0 Å². The summed E-state index contributed by atoms with van der Waals surface area (Å²) < 4.78 is 93.6. The number of para-hydroxylation sites is 1. The molecule has 5 rings (SSSR count). The van der Waals surface area contributed by atoms with Crippen molar-refractivity contribution in [2.45, 2.75) is 18.9 Å². The molecule has 0 atom stereocenters. The van der Waals surface area contributed by atoms with Crippen LogP contribution in [0.3, 0.4) is 0 Å². The van der Waals surface area contributed by atoms with E-state index in [4.69, 9.17) is 14.6 Å². The number of nitrogens with zero attached hydrogens (tertiary/aromatic N) is 3. The number of ether oxygens (including phenoxy) is 2. The van der Waals surface area contributed by atoms with Crippen LogP contribution < -0.4 is 24.6 Å². The largest absolute Gasteiger partial charge is 0.493 e. The normalized spacial score (nSPS) is 13.8. The van der Waals surface area contributed by atoms with Crippen molar-refractivity contribution < 1.29 is 45.7 Å². The molecule has 8 nitrogen and oxygen atoms in total. The Morgan fingerprint density at radius 1 is 0.891 bits per heavy atom. The van der Waals surface area contributed by atoms with Gasteiger partial charge in [-0.2, -0.15) is 26.3 Å². The Labute approximate surface area is 259 Å². The number of pyridine rings is 1. The number of aromatic carboxylic acids is 1. The highest BCUT2D eigenvalue weighted by Gasteiger charge is 2.36. The first-order chi connectivity index (χ1) is 21.8. The van der Waals surface area contributed by atoms with Crippen molar-refractivity contribution in [2.75, 3.05) is 48.4 Å². The first-order valence-corrected chi connectivity index (χ1v) is 14.0. The van der Waals surface area contributed by atoms with Crippen molar-refractivity contribution in [3.05, 3.63) is 101 Å². The maximum absolute atomic E-state index is 14.3. The van der Waals surface area contributed by atoms with E-state index in [1.807, 2.05) is 0 Å². The number of carboxylic acid groups (broad SMARTS) is 1. The molecule has 2 N–H and O–H groups in total. The molecule has 0 saturated carbocycles. The van der Waals surface area contributed by atoms with Crippen molar-refractivity contribution in [1.82, 2.24) is 4.98 Å². The van der Waals surface area contributed by atoms with E-state index in [0.717, 1.165) is 24.4 Å². The molecule has 1 aliphatic rings. The Morgan fingerprint density at radius 2 is 1.61 bits per heavy atom. The fraction of sp³-hybridized carbons (Fsp3) is 0.250. The van der Waals surface area contributed by atoms with Crippen molar-refractivity contribution in [3.8, 4) is 17.4 Å². The Kier molecular flexibility index (Phi) is 9.17. The molecular weight excluding hydrogens is 618 g/mol. The van der Waals surface area contributed by atoms with Gasteiger partial charge in [-0.05, 0) is 48.5 Å². The molecule has 0 bridgehead atoms. The number of aromatic nitrogens is 1. The van der Waals surface area contributed by atoms with Gasteiger partial charge in [-0.3, -0.25) is 0 Å². The van der Waals surface area contributed by atoms with Crippen LogP contribution in [0.5, 0.6) is 17.4 Å². The van der Waals surface area contributed by atoms with Crippen LogP contribution >= 0.6 is 0 Å². The first-order valence-electron chi connectivity index (χ1n) is 14.0. The standard InChI is InChI=1S/C32H28F6N4O4/c1-45-27-7-2-4-20(29(27)46-28-11-8-21(19-40-28)30(43)44)18-39-23-9-10-26(25(17-23)32(36,37)38)42-14-12-41(13-15-42)24-6-3-5-22(16-24)31(33,34)35/h2-11,16-17,19,39H,12-15,18H2,1H3,(H,43,44). The van der Waals surface area contributed by atoms with Gasteiger partial charge in [0.15, 0.2) is 11.5 Å². The van der Waals surface area contributed by atoms with Gasteiger partial charge >= 0.3 is 18.3 Å². The molecule has 0 radical (unpaired) electrons. The fourth-order valence-corrected chi connectivity index (χ4v) is 5.08. The summed E-state index contributed by atoms with van der Waals surface area (Å²) in [4.78, 5) is 18.4. The van der Waals surface area contributed by atoms with Gasteiger partial charge in [-0.25, -0.2) is 9.78 Å². The number of piperazine rings is 1. The van der Waals surface area contributed by atoms with Gasteiger partial charge in [0, 0.05) is 67.6 Å². The molecule has 14 heteroatoms. The SMILES string of the molecule is COc1cccc(CNc2ccc(N3CCN(c4cccc(C(F)(F)F)c4)CC3)c(C(F)(F)F)c2)c1Oc1ccc(C(=O)O)cn1. The molecule has 0 spiro atoms. The third kappa shape index (κ3) is 7.38. The Morgan fingerprint density at radius 3 is 2.24 bits per heavy atom. The monoisotopic (exact) mass is 646 g/mol. The lowest BCUT2D eigenvalue weighted by Crippen LogP contribution is -2.47. The number of halogens is 6. The molecular formula is C32H28F6N4O4. The summed E-state index contributed by atoms with van der Waals surface area (Å²) in [6.45, 7) is 0.887. The topological polar surface area (TPSA) is 87.2 Å². The number of benzene rings is 3. The molecule has 1 saturated heterocycles. The Balaban J connectivity index is 1.31. The Bertz CT molecular complexity index is 1690. The van der Waals surface area contributed by atoms with Gasteiger partial charge in [-0.15, -0.1) is 0 Å². The number of carbonyl (C=O) groups is 1. The second-order valence-electron chi connectivity index (χ2n) is 10.3. The number of carboxylic acids is 1. The van der Waals surface area contributed by atoms with E-state index in [-0.39, 0.29) is 61.3 Å². The highest BCUT2D eigenvalue weighted by atomic mass is 19.4. The van der Waals surface area contributed by atoms with Crippen LogP contribution in [-0.4, -0.2) is 49.3 Å². The highest BCUT2D eigenvalue weighted by molar-refractivity contribution is 5.87. The average Bonchev–Trinajstić information content (AvgIpc) is 3.03. The zero-order valence-electron chi connectivity index (χ0n) is 24.3. The van der Waals surface area contributed by atoms with Gasteiger partial charge in [0.1, 0.15) is 0 Å². The maximum Gasteiger partial charge on any atom is 0.418 e. The van der Waals surface area contributed by atoms with Crippen LogP contribution in [0.4, 0.5) is 43.4 Å². The zero-order chi connectivity index (χ0) is 33.1. The lowest BCUT2D eigenvalue weighted by molar-refractivity contribution is -0.138. The predicted octanol–water partition coefficient (Wildman–Crippen LogP) is 7.56. The van der Waals surface area contributed by atoms with Crippen molar-refractivity contribution >= 4 is 23.0 Å². The molecule has 46 heavy (non-hydrogen) atoms. The van der Waals surface area contributed by atoms with Gasteiger partial charge in [0.25, 0.3) is 0 Å². The van der Waals surface area contributed by atoms with E-state index in [0.29, 0.717) is 17.0 Å². The lowest BCUT2D eigenvalue weighted by atomic mass is 10.1. The third-order valence-electron chi connectivity index (χ3n) is 7.41. The highest BCUT2D eigenvalue weighted by Crippen LogP contribution is 2.40. The van der Waals surface area contributed by atoms with E-state index < -0.39 is 29.4 Å². The molecule has 1 aromatic heterocycles. The summed E-state index contributed by atoms with van der Waals surface area (Å²) in [5.41, 5.74) is -0.607. The summed E-state index contributed by atoms with van der Waals surface area (Å²) in [5.74, 6) is -0.478. The fourth-order valence-electron chi connectivity index (χ4n) is 5.08. The summed E-state index contributed by atoms with van der Waals surface area (Å²) in [6.07, 6.45) is -8.04. The summed E-state index contributed by atoms with van der Waals surface area (Å²) >= 11 is 0. The second-order valence-corrected chi connectivity index (χ2v) is 10.3. The number of anilines is 3. The predicted molar refractivity (Wildman–Crippen MR) is 159 cm³/mol. The number of methoxy groups -OCH3 is 1. The minimum atomic E-state index is -4.68. The van der Waals surface area contributed by atoms with E-state index in [1.54, 1.807) is 34.1 Å². The summed E-state index contributed by atoms with van der Waals surface area (Å²) in [6, 6.07) is 16.5. The molecule has 1 fully saturated rings. The minimum absolute atomic E-state index is 0.0250. The van der Waals surface area contributed by atoms with Gasteiger partial charge in [0.2, 0.25) is 5.88 Å². The third-order valence-corrected chi connectivity index (χ3v) is 7.41. The molecule has 0 aliphatic carbocycles. The van der Waals surface area contributed by atoms with E-state index >= 15 is 0 Å². The van der Waals surface area contributed by atoms with Crippen LogP contribution in [-0.2, 0) is 18.9 Å². The van der Waals surface area contributed by atoms with Gasteiger partial charge in [0.05, 0.1) is 23.8 Å². The van der Waals surface area contributed by atoms with Crippen molar-refractivity contribution in [2.24, 2.45) is 0 Å². The van der Waals surface area contributed by atoms with Crippen LogP contribution in [0, 0.1) is 0 Å². The molecule has 2 heterocycles. The van der Waals surface area contributed by atoms with Gasteiger partial charge < -0.3 is 29.7 Å². The number of rotatable bonds is 9. The molecule has 4 aromatic rings. The quantitative estimate of drug-likeness (QED) is 0.180. The van der Waals surface area contributed by atoms with E-state index in [1.165, 1.54) is 37.4 Å². The molecule has 242 valence electrons. The molecule has 0 amide bonds. The van der Waals surface area contributed by atoms with Crippen LogP contribution in [0.25, 0.3) is 0 Å². The average molecular weight is 647 g/mol. The van der Waals surface area contributed by atoms with Crippen LogP contribution in [0.2, 0.25) is 0 Å². The zero-order valence-corrected chi connectivity index (χ0v) is 24.3. The number of hydrogen-bond acceptors (Lipinski definition) is 7. The smallest absolute Gasteiger partial charge is 0.418 e. The first kappa shape index (κ1) is 32.3. The number of alkyl halides is 6. The summed E-state index contributed by atoms with van der Waals surface area (Å²) in [7, 11) is 1.42. The van der Waals surface area contributed by atoms with Crippen LogP contribution in [0.15, 0.2) is 79.0 Å². The van der Waals surface area contributed by atoms with Crippen molar-refractivity contribution in [1.29, 1.82) is 0 Å². The summed E-state index contributed by atoms with van der Waals surface area (Å²) in [5, 5.41) is 12.1. The lowest BCUT2D eigenvalue weighted by Gasteiger charge is -2.38. The van der Waals surface area contributed by atoms with Gasteiger partial charge in [-0.1, -0.05) is 18.2 Å². The van der Waals surface area contributed by atoms with E-state index in [9.17, 15) is 31.1 Å². The number of nitrogens with one attached hydrogen (secondary N) is 1. The minimum Gasteiger partial charge on any atom is -0.493 e. The van der Waals surface area contributed by atoms with Crippen LogP contribution in [0.1, 0.15) is 27.0 Å². The maximum atomic E-state index is 14.3. The molecule has 0 unspecified atom stereocenters. The Hall–Kier alpha value is -5.14.